The lowest BCUT2D eigenvalue weighted by Gasteiger charge is -2.04. The standard InChI is InChI=1S/C13H11ClN2/c14-12-11(9-4-2-1-3-5-9)8-15-13(16-12)10-6-7-10/h1-5,8,10H,6-7H2. The zero-order valence-electron chi connectivity index (χ0n) is 8.73. The van der Waals surface area contributed by atoms with Gasteiger partial charge in [0.1, 0.15) is 11.0 Å². The minimum absolute atomic E-state index is 0.544. The highest BCUT2D eigenvalue weighted by Gasteiger charge is 2.27. The summed E-state index contributed by atoms with van der Waals surface area (Å²) in [6.45, 7) is 0. The third kappa shape index (κ3) is 1.81. The first kappa shape index (κ1) is 9.79. The third-order valence-electron chi connectivity index (χ3n) is 2.79. The summed E-state index contributed by atoms with van der Waals surface area (Å²) in [7, 11) is 0. The van der Waals surface area contributed by atoms with Gasteiger partial charge in [-0.25, -0.2) is 9.97 Å². The van der Waals surface area contributed by atoms with Crippen LogP contribution < -0.4 is 0 Å². The molecule has 2 nitrogen and oxygen atoms in total. The minimum Gasteiger partial charge on any atom is -0.240 e. The maximum Gasteiger partial charge on any atom is 0.140 e. The van der Waals surface area contributed by atoms with Crippen molar-refractivity contribution in [3.8, 4) is 11.1 Å². The maximum absolute atomic E-state index is 6.18. The summed E-state index contributed by atoms with van der Waals surface area (Å²) in [4.78, 5) is 8.75. The first-order valence-electron chi connectivity index (χ1n) is 5.42. The van der Waals surface area contributed by atoms with Gasteiger partial charge in [-0.15, -0.1) is 0 Å². The van der Waals surface area contributed by atoms with Crippen LogP contribution in [0.1, 0.15) is 24.6 Å². The Bertz CT molecular complexity index is 507. The van der Waals surface area contributed by atoms with Crippen LogP contribution in [0.3, 0.4) is 0 Å². The Kier molecular flexibility index (Phi) is 2.37. The molecule has 0 aliphatic heterocycles. The SMILES string of the molecule is Clc1nc(C2CC2)ncc1-c1ccccc1. The van der Waals surface area contributed by atoms with Gasteiger partial charge in [0, 0.05) is 17.7 Å². The average molecular weight is 231 g/mol. The molecule has 0 radical (unpaired) electrons. The summed E-state index contributed by atoms with van der Waals surface area (Å²) in [6, 6.07) is 9.99. The number of benzene rings is 1. The fourth-order valence-electron chi connectivity index (χ4n) is 1.72. The van der Waals surface area contributed by atoms with E-state index in [-0.39, 0.29) is 0 Å². The predicted molar refractivity (Wildman–Crippen MR) is 64.5 cm³/mol. The molecule has 1 heterocycles. The van der Waals surface area contributed by atoms with Gasteiger partial charge in [0.25, 0.3) is 0 Å². The molecule has 1 aromatic carbocycles. The van der Waals surface area contributed by atoms with Crippen molar-refractivity contribution < 1.29 is 0 Å². The molecule has 0 saturated heterocycles. The molecule has 1 aliphatic carbocycles. The quantitative estimate of drug-likeness (QED) is 0.736. The van der Waals surface area contributed by atoms with Crippen LogP contribution in [-0.2, 0) is 0 Å². The molecule has 16 heavy (non-hydrogen) atoms. The molecule has 3 heteroatoms. The van der Waals surface area contributed by atoms with Crippen LogP contribution in [0.2, 0.25) is 5.15 Å². The molecule has 80 valence electrons. The van der Waals surface area contributed by atoms with Crippen LogP contribution >= 0.6 is 11.6 Å². The number of aromatic nitrogens is 2. The van der Waals surface area contributed by atoms with Gasteiger partial charge in [0.05, 0.1) is 0 Å². The molecule has 0 bridgehead atoms. The fourth-order valence-corrected chi connectivity index (χ4v) is 1.97. The largest absolute Gasteiger partial charge is 0.240 e. The van der Waals surface area contributed by atoms with Crippen LogP contribution in [0.5, 0.6) is 0 Å². The van der Waals surface area contributed by atoms with E-state index < -0.39 is 0 Å². The van der Waals surface area contributed by atoms with E-state index in [1.54, 1.807) is 0 Å². The second-order valence-electron chi connectivity index (χ2n) is 4.07. The monoisotopic (exact) mass is 230 g/mol. The zero-order chi connectivity index (χ0) is 11.0. The van der Waals surface area contributed by atoms with Crippen molar-refractivity contribution in [3.63, 3.8) is 0 Å². The molecule has 0 atom stereocenters. The van der Waals surface area contributed by atoms with Crippen molar-refractivity contribution in [2.45, 2.75) is 18.8 Å². The van der Waals surface area contributed by atoms with Gasteiger partial charge in [-0.3, -0.25) is 0 Å². The van der Waals surface area contributed by atoms with Gasteiger partial charge in [0.2, 0.25) is 0 Å². The highest BCUT2D eigenvalue weighted by atomic mass is 35.5. The van der Waals surface area contributed by atoms with Crippen molar-refractivity contribution in [2.75, 3.05) is 0 Å². The van der Waals surface area contributed by atoms with Crippen LogP contribution in [-0.4, -0.2) is 9.97 Å². The number of hydrogen-bond donors (Lipinski definition) is 0. The zero-order valence-corrected chi connectivity index (χ0v) is 9.48. The van der Waals surface area contributed by atoms with E-state index in [1.807, 2.05) is 36.5 Å². The molecule has 1 saturated carbocycles. The maximum atomic E-state index is 6.18. The van der Waals surface area contributed by atoms with Crippen molar-refractivity contribution in [3.05, 3.63) is 47.5 Å². The molecule has 2 aromatic rings. The molecular weight excluding hydrogens is 220 g/mol. The second-order valence-corrected chi connectivity index (χ2v) is 4.43. The average Bonchev–Trinajstić information content (AvgIpc) is 3.14. The van der Waals surface area contributed by atoms with Gasteiger partial charge in [0.15, 0.2) is 0 Å². The lowest BCUT2D eigenvalue weighted by molar-refractivity contribution is 0.929. The van der Waals surface area contributed by atoms with Crippen LogP contribution in [0, 0.1) is 0 Å². The van der Waals surface area contributed by atoms with Crippen molar-refractivity contribution >= 4 is 11.6 Å². The van der Waals surface area contributed by atoms with Crippen molar-refractivity contribution in [1.82, 2.24) is 9.97 Å². The molecular formula is C13H11ClN2. The normalized spacial score (nSPS) is 15.1. The van der Waals surface area contributed by atoms with Gasteiger partial charge in [-0.2, -0.15) is 0 Å². The molecule has 0 unspecified atom stereocenters. The van der Waals surface area contributed by atoms with Crippen molar-refractivity contribution in [2.24, 2.45) is 0 Å². The highest BCUT2D eigenvalue weighted by Crippen LogP contribution is 2.39. The molecule has 0 spiro atoms. The topological polar surface area (TPSA) is 25.8 Å². The summed E-state index contributed by atoms with van der Waals surface area (Å²) in [6.07, 6.45) is 4.22. The fraction of sp³-hybridized carbons (Fsp3) is 0.231. The summed E-state index contributed by atoms with van der Waals surface area (Å²) in [5.74, 6) is 1.44. The number of halogens is 1. The number of nitrogens with zero attached hydrogens (tertiary/aromatic N) is 2. The lowest BCUT2D eigenvalue weighted by Crippen LogP contribution is -1.94. The molecule has 0 amide bonds. The highest BCUT2D eigenvalue weighted by molar-refractivity contribution is 6.32. The smallest absolute Gasteiger partial charge is 0.140 e. The van der Waals surface area contributed by atoms with E-state index in [0.717, 1.165) is 17.0 Å². The van der Waals surface area contributed by atoms with Gasteiger partial charge < -0.3 is 0 Å². The Hall–Kier alpha value is -1.41. The van der Waals surface area contributed by atoms with Crippen LogP contribution in [0.4, 0.5) is 0 Å². The Morgan fingerprint density at radius 3 is 2.50 bits per heavy atom. The van der Waals surface area contributed by atoms with Gasteiger partial charge >= 0.3 is 0 Å². The summed E-state index contributed by atoms with van der Waals surface area (Å²) < 4.78 is 0. The Labute approximate surface area is 99.3 Å². The number of hydrogen-bond acceptors (Lipinski definition) is 2. The van der Waals surface area contributed by atoms with E-state index in [4.69, 9.17) is 11.6 Å². The van der Waals surface area contributed by atoms with Gasteiger partial charge in [-0.05, 0) is 18.4 Å². The van der Waals surface area contributed by atoms with E-state index >= 15 is 0 Å². The third-order valence-corrected chi connectivity index (χ3v) is 3.08. The Balaban J connectivity index is 2.02. The second kappa shape index (κ2) is 3.87. The predicted octanol–water partition coefficient (Wildman–Crippen LogP) is 3.67. The molecule has 1 fully saturated rings. The summed E-state index contributed by atoms with van der Waals surface area (Å²) >= 11 is 6.18. The lowest BCUT2D eigenvalue weighted by atomic mass is 10.1. The van der Waals surface area contributed by atoms with Crippen LogP contribution in [0.25, 0.3) is 11.1 Å². The first-order chi connectivity index (χ1) is 7.84. The molecule has 1 aromatic heterocycles. The Morgan fingerprint density at radius 1 is 1.12 bits per heavy atom. The van der Waals surface area contributed by atoms with E-state index in [9.17, 15) is 0 Å². The molecule has 1 aliphatic rings. The minimum atomic E-state index is 0.544. The molecule has 3 rings (SSSR count). The van der Waals surface area contributed by atoms with Crippen LogP contribution in [0.15, 0.2) is 36.5 Å². The van der Waals surface area contributed by atoms with E-state index in [1.165, 1.54) is 12.8 Å². The van der Waals surface area contributed by atoms with Gasteiger partial charge in [-0.1, -0.05) is 41.9 Å². The summed E-state index contributed by atoms with van der Waals surface area (Å²) in [5.41, 5.74) is 1.97. The van der Waals surface area contributed by atoms with E-state index in [2.05, 4.69) is 9.97 Å². The van der Waals surface area contributed by atoms with Crippen molar-refractivity contribution in [1.29, 1.82) is 0 Å². The van der Waals surface area contributed by atoms with E-state index in [0.29, 0.717) is 11.1 Å². The first-order valence-corrected chi connectivity index (χ1v) is 5.80. The number of rotatable bonds is 2. The molecule has 0 N–H and O–H groups in total. The summed E-state index contributed by atoms with van der Waals surface area (Å²) in [5, 5.41) is 0.558. The Morgan fingerprint density at radius 2 is 1.88 bits per heavy atom.